The van der Waals surface area contributed by atoms with E-state index in [1.54, 1.807) is 12.3 Å². The van der Waals surface area contributed by atoms with Gasteiger partial charge in [0.05, 0.1) is 5.69 Å². The van der Waals surface area contributed by atoms with Gasteiger partial charge in [0.25, 0.3) is 0 Å². The second kappa shape index (κ2) is 2.35. The van der Waals surface area contributed by atoms with Crippen LogP contribution in [0.1, 0.15) is 17.4 Å². The van der Waals surface area contributed by atoms with Gasteiger partial charge in [-0.15, -0.1) is 0 Å². The van der Waals surface area contributed by atoms with E-state index >= 15 is 0 Å². The van der Waals surface area contributed by atoms with Crippen molar-refractivity contribution >= 4 is 21.7 Å². The van der Waals surface area contributed by atoms with Crippen molar-refractivity contribution in [2.45, 2.75) is 6.92 Å². The molecule has 0 amide bonds. The van der Waals surface area contributed by atoms with Crippen molar-refractivity contribution in [3.63, 3.8) is 0 Å². The third kappa shape index (κ3) is 1.42. The second-order valence-electron chi connectivity index (χ2n) is 1.79. The number of carbonyl (C=O) groups is 1. The van der Waals surface area contributed by atoms with E-state index in [0.29, 0.717) is 5.69 Å². The molecule has 0 aromatic carbocycles. The summed E-state index contributed by atoms with van der Waals surface area (Å²) in [4.78, 5) is 13.4. The highest BCUT2D eigenvalue weighted by molar-refractivity contribution is 9.10. The third-order valence-electron chi connectivity index (χ3n) is 1.03. The lowest BCUT2D eigenvalue weighted by Gasteiger charge is -1.82. The van der Waals surface area contributed by atoms with Crippen LogP contribution in [0, 0.1) is 0 Å². The van der Waals surface area contributed by atoms with Crippen LogP contribution in [0.15, 0.2) is 16.7 Å². The Balaban J connectivity index is 2.98. The number of aromatic amines is 1. The highest BCUT2D eigenvalue weighted by Crippen LogP contribution is 2.10. The zero-order valence-corrected chi connectivity index (χ0v) is 6.53. The average Bonchev–Trinajstić information content (AvgIpc) is 2.14. The molecule has 0 aliphatic carbocycles. The summed E-state index contributed by atoms with van der Waals surface area (Å²) >= 11 is 3.22. The van der Waals surface area contributed by atoms with E-state index in [9.17, 15) is 4.79 Å². The van der Waals surface area contributed by atoms with E-state index < -0.39 is 0 Å². The number of aromatic nitrogens is 1. The first-order valence-corrected chi connectivity index (χ1v) is 3.34. The molecule has 48 valence electrons. The molecule has 1 rings (SSSR count). The first-order valence-electron chi connectivity index (χ1n) is 2.55. The molecule has 0 saturated carbocycles. The predicted molar refractivity (Wildman–Crippen MR) is 38.5 cm³/mol. The summed E-state index contributed by atoms with van der Waals surface area (Å²) in [6, 6.07) is 1.75. The van der Waals surface area contributed by atoms with Crippen LogP contribution >= 0.6 is 15.9 Å². The fourth-order valence-electron chi connectivity index (χ4n) is 0.571. The van der Waals surface area contributed by atoms with Gasteiger partial charge < -0.3 is 4.98 Å². The highest BCUT2D eigenvalue weighted by atomic mass is 79.9. The van der Waals surface area contributed by atoms with E-state index in [1.807, 2.05) is 0 Å². The van der Waals surface area contributed by atoms with Crippen molar-refractivity contribution in [1.82, 2.24) is 4.98 Å². The van der Waals surface area contributed by atoms with Crippen LogP contribution in [0.2, 0.25) is 0 Å². The lowest BCUT2D eigenvalue weighted by molar-refractivity contribution is 0.101. The summed E-state index contributed by atoms with van der Waals surface area (Å²) in [6.45, 7) is 1.53. The van der Waals surface area contributed by atoms with E-state index in [2.05, 4.69) is 20.9 Å². The molecule has 3 heteroatoms. The van der Waals surface area contributed by atoms with Crippen molar-refractivity contribution < 1.29 is 4.79 Å². The molecule has 1 aromatic heterocycles. The van der Waals surface area contributed by atoms with Gasteiger partial charge in [-0.05, 0) is 22.0 Å². The number of hydrogen-bond donors (Lipinski definition) is 1. The zero-order valence-electron chi connectivity index (χ0n) is 4.94. The smallest absolute Gasteiger partial charge is 0.175 e. The van der Waals surface area contributed by atoms with Gasteiger partial charge in [0.1, 0.15) is 0 Å². The van der Waals surface area contributed by atoms with Crippen molar-refractivity contribution in [2.24, 2.45) is 0 Å². The summed E-state index contributed by atoms with van der Waals surface area (Å²) in [6.07, 6.45) is 1.73. The number of rotatable bonds is 1. The Kier molecular flexibility index (Phi) is 1.71. The molecule has 0 saturated heterocycles. The normalized spacial score (nSPS) is 9.56. The number of carbonyl (C=O) groups excluding carboxylic acids is 1. The van der Waals surface area contributed by atoms with Gasteiger partial charge in [-0.2, -0.15) is 0 Å². The number of H-pyrrole nitrogens is 1. The molecule has 0 unspecified atom stereocenters. The molecular weight excluding hydrogens is 182 g/mol. The topological polar surface area (TPSA) is 32.9 Å². The van der Waals surface area contributed by atoms with Crippen molar-refractivity contribution in [1.29, 1.82) is 0 Å². The van der Waals surface area contributed by atoms with Gasteiger partial charge in [-0.25, -0.2) is 0 Å². The number of halogens is 1. The Labute approximate surface area is 61.4 Å². The van der Waals surface area contributed by atoms with Gasteiger partial charge in [0.15, 0.2) is 5.78 Å². The molecule has 0 aliphatic heterocycles. The Hall–Kier alpha value is -0.570. The van der Waals surface area contributed by atoms with Gasteiger partial charge in [0, 0.05) is 17.6 Å². The molecule has 1 aromatic rings. The molecule has 0 aliphatic rings. The summed E-state index contributed by atoms with van der Waals surface area (Å²) < 4.78 is 0.910. The Bertz CT molecular complexity index is 229. The monoisotopic (exact) mass is 187 g/mol. The van der Waals surface area contributed by atoms with E-state index in [4.69, 9.17) is 0 Å². The van der Waals surface area contributed by atoms with Crippen LogP contribution in [-0.2, 0) is 0 Å². The first-order chi connectivity index (χ1) is 4.20. The van der Waals surface area contributed by atoms with E-state index in [0.717, 1.165) is 4.47 Å². The first kappa shape index (κ1) is 6.55. The Morgan fingerprint density at radius 2 is 2.44 bits per heavy atom. The molecule has 0 atom stereocenters. The number of Topliss-reactive ketones (excluding diaryl/α,β-unsaturated/α-hetero) is 1. The summed E-state index contributed by atoms with van der Waals surface area (Å²) in [7, 11) is 0. The minimum atomic E-state index is 0.0562. The van der Waals surface area contributed by atoms with Crippen LogP contribution in [-0.4, -0.2) is 10.8 Å². The minimum Gasteiger partial charge on any atom is -0.358 e. The maximum absolute atomic E-state index is 10.6. The van der Waals surface area contributed by atoms with E-state index in [1.165, 1.54) is 6.92 Å². The number of nitrogens with one attached hydrogen (secondary N) is 1. The van der Waals surface area contributed by atoms with Gasteiger partial charge in [-0.1, -0.05) is 0 Å². The predicted octanol–water partition coefficient (Wildman–Crippen LogP) is 1.98. The molecule has 2 nitrogen and oxygen atoms in total. The van der Waals surface area contributed by atoms with Crippen molar-refractivity contribution in [3.8, 4) is 0 Å². The van der Waals surface area contributed by atoms with Gasteiger partial charge in [0.2, 0.25) is 0 Å². The quantitative estimate of drug-likeness (QED) is 0.671. The molecule has 0 radical (unpaired) electrons. The standard InChI is InChI=1S/C6H6BrNO/c1-4(9)6-2-5(7)3-8-6/h2-3,8H,1H3. The number of ketones is 1. The Morgan fingerprint density at radius 3 is 2.67 bits per heavy atom. The lowest BCUT2D eigenvalue weighted by atomic mass is 10.3. The number of hydrogen-bond acceptors (Lipinski definition) is 1. The average molecular weight is 188 g/mol. The molecule has 0 bridgehead atoms. The highest BCUT2D eigenvalue weighted by Gasteiger charge is 1.99. The minimum absolute atomic E-state index is 0.0562. The molecule has 1 N–H and O–H groups in total. The second-order valence-corrected chi connectivity index (χ2v) is 2.70. The van der Waals surface area contributed by atoms with Crippen LogP contribution in [0.3, 0.4) is 0 Å². The van der Waals surface area contributed by atoms with Gasteiger partial charge >= 0.3 is 0 Å². The fraction of sp³-hybridized carbons (Fsp3) is 0.167. The third-order valence-corrected chi connectivity index (χ3v) is 1.48. The maximum Gasteiger partial charge on any atom is 0.175 e. The fourth-order valence-corrected chi connectivity index (χ4v) is 0.915. The van der Waals surface area contributed by atoms with Crippen LogP contribution in [0.5, 0.6) is 0 Å². The molecule has 9 heavy (non-hydrogen) atoms. The van der Waals surface area contributed by atoms with Crippen LogP contribution < -0.4 is 0 Å². The molecule has 1 heterocycles. The van der Waals surface area contributed by atoms with Crippen molar-refractivity contribution in [2.75, 3.05) is 0 Å². The van der Waals surface area contributed by atoms with Crippen molar-refractivity contribution in [3.05, 3.63) is 22.4 Å². The van der Waals surface area contributed by atoms with Crippen LogP contribution in [0.4, 0.5) is 0 Å². The van der Waals surface area contributed by atoms with E-state index in [-0.39, 0.29) is 5.78 Å². The lowest BCUT2D eigenvalue weighted by Crippen LogP contribution is -1.89. The summed E-state index contributed by atoms with van der Waals surface area (Å²) in [5.74, 6) is 0.0562. The molecule has 0 spiro atoms. The molecule has 0 fully saturated rings. The zero-order chi connectivity index (χ0) is 6.85. The maximum atomic E-state index is 10.6. The van der Waals surface area contributed by atoms with Gasteiger partial charge in [-0.3, -0.25) is 4.79 Å². The van der Waals surface area contributed by atoms with Crippen LogP contribution in [0.25, 0.3) is 0 Å². The SMILES string of the molecule is CC(=O)c1cc(Br)c[nH]1. The largest absolute Gasteiger partial charge is 0.358 e. The molecular formula is C6H6BrNO. The Morgan fingerprint density at radius 1 is 1.78 bits per heavy atom. The summed E-state index contributed by atoms with van der Waals surface area (Å²) in [5, 5.41) is 0. The summed E-state index contributed by atoms with van der Waals surface area (Å²) in [5.41, 5.74) is 0.641.